The fraction of sp³-hybridized carbons (Fsp3) is 0.227. The van der Waals surface area contributed by atoms with E-state index in [1.807, 2.05) is 74.4 Å². The van der Waals surface area contributed by atoms with Gasteiger partial charge in [-0.3, -0.25) is 4.79 Å². The molecule has 0 saturated heterocycles. The number of carbonyl (C=O) groups excluding carboxylic acids is 1. The van der Waals surface area contributed by atoms with Crippen molar-refractivity contribution in [1.29, 1.82) is 0 Å². The topological polar surface area (TPSA) is 70.2 Å². The first-order chi connectivity index (χ1) is 13.5. The number of rotatable bonds is 6. The van der Waals surface area contributed by atoms with Crippen LogP contribution < -0.4 is 15.5 Å². The van der Waals surface area contributed by atoms with Crippen molar-refractivity contribution < 1.29 is 4.79 Å². The van der Waals surface area contributed by atoms with E-state index in [2.05, 4.69) is 27.5 Å². The lowest BCUT2D eigenvalue weighted by Crippen LogP contribution is -2.16. The van der Waals surface area contributed by atoms with Crippen molar-refractivity contribution in [2.75, 3.05) is 29.6 Å². The van der Waals surface area contributed by atoms with E-state index >= 15 is 0 Å². The Hall–Kier alpha value is -3.41. The summed E-state index contributed by atoms with van der Waals surface area (Å²) >= 11 is 0. The van der Waals surface area contributed by atoms with Gasteiger partial charge < -0.3 is 15.5 Å². The molecule has 6 nitrogen and oxygen atoms in total. The first kappa shape index (κ1) is 19.4. The van der Waals surface area contributed by atoms with Gasteiger partial charge in [0.2, 0.25) is 5.95 Å². The summed E-state index contributed by atoms with van der Waals surface area (Å²) in [5.74, 6) is 0.143. The van der Waals surface area contributed by atoms with Crippen LogP contribution in [0.3, 0.4) is 0 Å². The van der Waals surface area contributed by atoms with Gasteiger partial charge in [-0.1, -0.05) is 25.1 Å². The van der Waals surface area contributed by atoms with E-state index < -0.39 is 0 Å². The van der Waals surface area contributed by atoms with Gasteiger partial charge in [0, 0.05) is 36.9 Å². The smallest absolute Gasteiger partial charge is 0.274 e. The van der Waals surface area contributed by atoms with Crippen LogP contribution >= 0.6 is 0 Å². The van der Waals surface area contributed by atoms with Crippen LogP contribution in [-0.2, 0) is 6.42 Å². The van der Waals surface area contributed by atoms with E-state index in [1.165, 1.54) is 0 Å². The summed E-state index contributed by atoms with van der Waals surface area (Å²) in [4.78, 5) is 23.5. The van der Waals surface area contributed by atoms with Gasteiger partial charge in [-0.05, 0) is 55.3 Å². The zero-order chi connectivity index (χ0) is 20.1. The molecule has 0 spiro atoms. The zero-order valence-electron chi connectivity index (χ0n) is 16.7. The second-order valence-corrected chi connectivity index (χ2v) is 6.75. The van der Waals surface area contributed by atoms with Crippen LogP contribution in [0.4, 0.5) is 23.0 Å². The van der Waals surface area contributed by atoms with Crippen LogP contribution in [0, 0.1) is 6.92 Å². The van der Waals surface area contributed by atoms with Crippen molar-refractivity contribution in [1.82, 2.24) is 9.97 Å². The number of anilines is 4. The first-order valence-corrected chi connectivity index (χ1v) is 9.25. The largest absolute Gasteiger partial charge is 0.378 e. The van der Waals surface area contributed by atoms with Gasteiger partial charge in [-0.15, -0.1) is 0 Å². The highest BCUT2D eigenvalue weighted by Crippen LogP contribution is 2.20. The van der Waals surface area contributed by atoms with Crippen molar-refractivity contribution in [3.8, 4) is 0 Å². The van der Waals surface area contributed by atoms with E-state index in [4.69, 9.17) is 0 Å². The summed E-state index contributed by atoms with van der Waals surface area (Å²) in [6, 6.07) is 17.4. The summed E-state index contributed by atoms with van der Waals surface area (Å²) in [7, 11) is 3.99. The normalized spacial score (nSPS) is 10.4. The third-order valence-corrected chi connectivity index (χ3v) is 4.37. The highest BCUT2D eigenvalue weighted by Gasteiger charge is 2.12. The molecule has 0 saturated carbocycles. The fourth-order valence-electron chi connectivity index (χ4n) is 2.85. The number of para-hydroxylation sites is 1. The molecule has 144 valence electrons. The van der Waals surface area contributed by atoms with Crippen molar-refractivity contribution in [2.45, 2.75) is 20.3 Å². The predicted octanol–water partition coefficient (Wildman–Crippen LogP) is 4.41. The lowest BCUT2D eigenvalue weighted by atomic mass is 10.1. The SMILES string of the molecule is CCc1ccccc1NC(=O)c1cc(C)nc(Nc2ccc(N(C)C)cc2)n1. The minimum absolute atomic E-state index is 0.252. The molecule has 0 atom stereocenters. The van der Waals surface area contributed by atoms with E-state index in [0.717, 1.165) is 34.7 Å². The first-order valence-electron chi connectivity index (χ1n) is 9.25. The highest BCUT2D eigenvalue weighted by molar-refractivity contribution is 6.03. The van der Waals surface area contributed by atoms with Crippen molar-refractivity contribution in [2.24, 2.45) is 0 Å². The Morgan fingerprint density at radius 3 is 2.43 bits per heavy atom. The average molecular weight is 375 g/mol. The van der Waals surface area contributed by atoms with E-state index in [1.54, 1.807) is 6.07 Å². The Balaban J connectivity index is 1.79. The summed E-state index contributed by atoms with van der Waals surface area (Å²) in [6.45, 7) is 3.90. The summed E-state index contributed by atoms with van der Waals surface area (Å²) in [5.41, 5.74) is 4.90. The Bertz CT molecular complexity index is 967. The number of aromatic nitrogens is 2. The minimum Gasteiger partial charge on any atom is -0.378 e. The minimum atomic E-state index is -0.252. The average Bonchev–Trinajstić information content (AvgIpc) is 2.68. The quantitative estimate of drug-likeness (QED) is 0.668. The Morgan fingerprint density at radius 1 is 1.04 bits per heavy atom. The maximum absolute atomic E-state index is 12.7. The Morgan fingerprint density at radius 2 is 1.75 bits per heavy atom. The molecule has 0 aliphatic carbocycles. The van der Waals surface area contributed by atoms with Gasteiger partial charge in [0.05, 0.1) is 0 Å². The van der Waals surface area contributed by atoms with Gasteiger partial charge in [-0.25, -0.2) is 9.97 Å². The zero-order valence-corrected chi connectivity index (χ0v) is 16.7. The number of hydrogen-bond acceptors (Lipinski definition) is 5. The maximum atomic E-state index is 12.7. The molecule has 3 aromatic rings. The molecule has 1 aromatic heterocycles. The number of carbonyl (C=O) groups is 1. The molecule has 0 aliphatic rings. The van der Waals surface area contributed by atoms with Gasteiger partial charge in [-0.2, -0.15) is 0 Å². The highest BCUT2D eigenvalue weighted by atomic mass is 16.1. The molecule has 0 radical (unpaired) electrons. The molecule has 3 rings (SSSR count). The molecule has 2 N–H and O–H groups in total. The van der Waals surface area contributed by atoms with Crippen LogP contribution in [0.1, 0.15) is 28.7 Å². The standard InChI is InChI=1S/C22H25N5O/c1-5-16-8-6-7-9-19(16)25-21(28)20-14-15(2)23-22(26-20)24-17-10-12-18(13-11-17)27(3)4/h6-14H,5H2,1-4H3,(H,25,28)(H,23,24,26). The van der Waals surface area contributed by atoms with Crippen molar-refractivity contribution >= 4 is 28.9 Å². The van der Waals surface area contributed by atoms with Gasteiger partial charge in [0.1, 0.15) is 5.69 Å². The fourth-order valence-corrected chi connectivity index (χ4v) is 2.85. The summed E-state index contributed by atoms with van der Waals surface area (Å²) < 4.78 is 0. The predicted molar refractivity (Wildman–Crippen MR) is 115 cm³/mol. The van der Waals surface area contributed by atoms with Crippen LogP contribution in [0.15, 0.2) is 54.6 Å². The van der Waals surface area contributed by atoms with Crippen LogP contribution in [0.2, 0.25) is 0 Å². The molecular formula is C22H25N5O. The molecule has 0 bridgehead atoms. The molecule has 1 heterocycles. The van der Waals surface area contributed by atoms with E-state index in [-0.39, 0.29) is 5.91 Å². The number of nitrogens with one attached hydrogen (secondary N) is 2. The summed E-state index contributed by atoms with van der Waals surface area (Å²) in [6.07, 6.45) is 0.842. The monoisotopic (exact) mass is 375 g/mol. The van der Waals surface area contributed by atoms with Crippen LogP contribution in [-0.4, -0.2) is 30.0 Å². The second-order valence-electron chi connectivity index (χ2n) is 6.75. The summed E-state index contributed by atoms with van der Waals surface area (Å²) in [5, 5.41) is 6.13. The molecule has 0 aliphatic heterocycles. The number of aryl methyl sites for hydroxylation is 2. The number of hydrogen-bond donors (Lipinski definition) is 2. The lowest BCUT2D eigenvalue weighted by Gasteiger charge is -2.13. The molecule has 28 heavy (non-hydrogen) atoms. The lowest BCUT2D eigenvalue weighted by molar-refractivity contribution is 0.102. The van der Waals surface area contributed by atoms with Gasteiger partial charge in [0.25, 0.3) is 5.91 Å². The van der Waals surface area contributed by atoms with E-state index in [0.29, 0.717) is 11.6 Å². The van der Waals surface area contributed by atoms with Gasteiger partial charge >= 0.3 is 0 Å². The number of amides is 1. The molecule has 6 heteroatoms. The number of nitrogens with zero attached hydrogens (tertiary/aromatic N) is 3. The third-order valence-electron chi connectivity index (χ3n) is 4.37. The van der Waals surface area contributed by atoms with Crippen LogP contribution in [0.5, 0.6) is 0 Å². The second kappa shape index (κ2) is 8.52. The Labute approximate surface area is 165 Å². The van der Waals surface area contributed by atoms with Crippen molar-refractivity contribution in [3.05, 3.63) is 71.5 Å². The van der Waals surface area contributed by atoms with Gasteiger partial charge in [0.15, 0.2) is 0 Å². The maximum Gasteiger partial charge on any atom is 0.274 e. The molecule has 0 fully saturated rings. The molecule has 2 aromatic carbocycles. The number of benzene rings is 2. The molecular weight excluding hydrogens is 350 g/mol. The molecule has 1 amide bonds. The van der Waals surface area contributed by atoms with Crippen LogP contribution in [0.25, 0.3) is 0 Å². The molecule has 0 unspecified atom stereocenters. The van der Waals surface area contributed by atoms with Crippen molar-refractivity contribution in [3.63, 3.8) is 0 Å². The third kappa shape index (κ3) is 4.65. The Kier molecular flexibility index (Phi) is 5.89. The van der Waals surface area contributed by atoms with E-state index in [9.17, 15) is 4.79 Å².